The molecule has 1 rings (SSSR count). The van der Waals surface area contributed by atoms with Gasteiger partial charge in [0.1, 0.15) is 0 Å². The molecule has 0 atom stereocenters. The quantitative estimate of drug-likeness (QED) is 0.424. The molecule has 1 heterocycles. The Labute approximate surface area is 140 Å². The minimum absolute atomic E-state index is 1.26. The summed E-state index contributed by atoms with van der Waals surface area (Å²) in [5.74, 6) is 0. The molecule has 1 aliphatic rings. The van der Waals surface area contributed by atoms with Gasteiger partial charge in [0.2, 0.25) is 0 Å². The third-order valence-electron chi connectivity index (χ3n) is 5.14. The van der Waals surface area contributed by atoms with Gasteiger partial charge in [0.05, 0.1) is 0 Å². The Morgan fingerprint density at radius 1 is 0.591 bits per heavy atom. The highest BCUT2D eigenvalue weighted by atomic mass is 15.2. The van der Waals surface area contributed by atoms with Crippen molar-refractivity contribution in [2.75, 3.05) is 39.8 Å². The van der Waals surface area contributed by atoms with Crippen molar-refractivity contribution in [1.82, 2.24) is 9.80 Å². The molecule has 0 bridgehead atoms. The molecule has 0 radical (unpaired) electrons. The van der Waals surface area contributed by atoms with Crippen LogP contribution in [0.2, 0.25) is 0 Å². The van der Waals surface area contributed by atoms with E-state index in [1.807, 2.05) is 0 Å². The summed E-state index contributed by atoms with van der Waals surface area (Å²) in [6.45, 7) is 8.79. The fraction of sp³-hybridized carbons (Fsp3) is 1.00. The highest BCUT2D eigenvalue weighted by Gasteiger charge is 2.10. The maximum absolute atomic E-state index is 2.68. The van der Waals surface area contributed by atoms with Crippen LogP contribution in [0.1, 0.15) is 90.4 Å². The highest BCUT2D eigenvalue weighted by molar-refractivity contribution is 4.67. The monoisotopic (exact) mass is 310 g/mol. The second-order valence-electron chi connectivity index (χ2n) is 7.39. The number of nitrogens with zero attached hydrogens (tertiary/aromatic N) is 2. The Hall–Kier alpha value is -0.0800. The predicted molar refractivity (Wildman–Crippen MR) is 99.6 cm³/mol. The average Bonchev–Trinajstić information content (AvgIpc) is 2.73. The standard InChI is InChI=1S/C20H42N2/c1-3-4-5-6-7-8-9-10-11-12-13-14-17-22-18-15-16-21(2)19-20-22/h3-20H2,1-2H3. The molecule has 0 spiro atoms. The van der Waals surface area contributed by atoms with Crippen molar-refractivity contribution in [2.45, 2.75) is 90.4 Å². The lowest BCUT2D eigenvalue weighted by molar-refractivity contribution is 0.270. The zero-order valence-electron chi connectivity index (χ0n) is 15.6. The summed E-state index contributed by atoms with van der Waals surface area (Å²) in [6.07, 6.45) is 18.8. The highest BCUT2D eigenvalue weighted by Crippen LogP contribution is 2.12. The van der Waals surface area contributed by atoms with Crippen LogP contribution in [0.5, 0.6) is 0 Å². The lowest BCUT2D eigenvalue weighted by Gasteiger charge is -2.19. The lowest BCUT2D eigenvalue weighted by atomic mass is 10.1. The average molecular weight is 311 g/mol. The maximum atomic E-state index is 2.68. The van der Waals surface area contributed by atoms with Crippen LogP contribution in [0.4, 0.5) is 0 Å². The largest absolute Gasteiger partial charge is 0.305 e. The summed E-state index contributed by atoms with van der Waals surface area (Å²) in [4.78, 5) is 5.15. The van der Waals surface area contributed by atoms with E-state index in [1.54, 1.807) is 0 Å². The molecule has 0 saturated carbocycles. The van der Waals surface area contributed by atoms with Crippen LogP contribution in [-0.2, 0) is 0 Å². The van der Waals surface area contributed by atoms with Crippen molar-refractivity contribution in [3.8, 4) is 0 Å². The van der Waals surface area contributed by atoms with E-state index in [2.05, 4.69) is 23.8 Å². The number of hydrogen-bond donors (Lipinski definition) is 0. The zero-order valence-corrected chi connectivity index (χ0v) is 15.6. The Bertz CT molecular complexity index is 230. The molecule has 0 amide bonds. The zero-order chi connectivity index (χ0) is 15.9. The summed E-state index contributed by atoms with van der Waals surface area (Å²) in [5.41, 5.74) is 0. The van der Waals surface area contributed by atoms with Crippen molar-refractivity contribution >= 4 is 0 Å². The number of hydrogen-bond acceptors (Lipinski definition) is 2. The first kappa shape index (κ1) is 20.0. The molecular weight excluding hydrogens is 268 g/mol. The lowest BCUT2D eigenvalue weighted by Crippen LogP contribution is -2.29. The van der Waals surface area contributed by atoms with Crippen molar-refractivity contribution in [2.24, 2.45) is 0 Å². The Morgan fingerprint density at radius 2 is 1.14 bits per heavy atom. The predicted octanol–water partition coefficient (Wildman–Crippen LogP) is 5.33. The molecule has 0 unspecified atom stereocenters. The molecule has 22 heavy (non-hydrogen) atoms. The first-order valence-corrected chi connectivity index (χ1v) is 10.2. The van der Waals surface area contributed by atoms with Crippen molar-refractivity contribution in [1.29, 1.82) is 0 Å². The van der Waals surface area contributed by atoms with Crippen LogP contribution in [0, 0.1) is 0 Å². The molecule has 2 nitrogen and oxygen atoms in total. The van der Waals surface area contributed by atoms with Gasteiger partial charge in [-0.25, -0.2) is 0 Å². The van der Waals surface area contributed by atoms with Crippen molar-refractivity contribution in [3.05, 3.63) is 0 Å². The second-order valence-corrected chi connectivity index (χ2v) is 7.39. The van der Waals surface area contributed by atoms with E-state index in [-0.39, 0.29) is 0 Å². The molecular formula is C20H42N2. The SMILES string of the molecule is CCCCCCCCCCCCCCN1CCCN(C)CC1. The van der Waals surface area contributed by atoms with Crippen molar-refractivity contribution < 1.29 is 0 Å². The van der Waals surface area contributed by atoms with E-state index in [0.29, 0.717) is 0 Å². The molecule has 1 fully saturated rings. The first-order valence-electron chi connectivity index (χ1n) is 10.2. The van der Waals surface area contributed by atoms with Crippen LogP contribution in [0.25, 0.3) is 0 Å². The van der Waals surface area contributed by atoms with Gasteiger partial charge in [0, 0.05) is 13.1 Å². The molecule has 0 aromatic rings. The van der Waals surface area contributed by atoms with Gasteiger partial charge in [0.15, 0.2) is 0 Å². The fourth-order valence-corrected chi connectivity index (χ4v) is 3.50. The summed E-state index contributed by atoms with van der Waals surface area (Å²) < 4.78 is 0. The van der Waals surface area contributed by atoms with Crippen molar-refractivity contribution in [3.63, 3.8) is 0 Å². The van der Waals surface area contributed by atoms with Crippen LogP contribution >= 0.6 is 0 Å². The summed E-state index contributed by atoms with van der Waals surface area (Å²) in [7, 11) is 2.26. The van der Waals surface area contributed by atoms with E-state index in [4.69, 9.17) is 0 Å². The topological polar surface area (TPSA) is 6.48 Å². The van der Waals surface area contributed by atoms with E-state index in [0.717, 1.165) is 0 Å². The first-order chi connectivity index (χ1) is 10.8. The second kappa shape index (κ2) is 14.5. The third kappa shape index (κ3) is 11.5. The van der Waals surface area contributed by atoms with Crippen LogP contribution < -0.4 is 0 Å². The van der Waals surface area contributed by atoms with Gasteiger partial charge in [0.25, 0.3) is 0 Å². The van der Waals surface area contributed by atoms with Crippen LogP contribution in [-0.4, -0.2) is 49.6 Å². The van der Waals surface area contributed by atoms with E-state index < -0.39 is 0 Å². The molecule has 0 aromatic heterocycles. The van der Waals surface area contributed by atoms with E-state index in [1.165, 1.54) is 116 Å². The molecule has 1 aliphatic heterocycles. The number of likely N-dealkylation sites (N-methyl/N-ethyl adjacent to an activating group) is 1. The third-order valence-corrected chi connectivity index (χ3v) is 5.14. The van der Waals surface area contributed by atoms with Gasteiger partial charge < -0.3 is 9.80 Å². The molecule has 132 valence electrons. The van der Waals surface area contributed by atoms with Gasteiger partial charge in [-0.1, -0.05) is 77.6 Å². The smallest absolute Gasteiger partial charge is 0.0109 e. The Kier molecular flexibility index (Phi) is 13.2. The van der Waals surface area contributed by atoms with Gasteiger partial charge in [-0.3, -0.25) is 0 Å². The molecule has 1 saturated heterocycles. The molecule has 0 aromatic carbocycles. The van der Waals surface area contributed by atoms with Gasteiger partial charge in [-0.15, -0.1) is 0 Å². The summed E-state index contributed by atoms with van der Waals surface area (Å²) in [5, 5.41) is 0. The van der Waals surface area contributed by atoms with Crippen LogP contribution in [0.3, 0.4) is 0 Å². The Balaban J connectivity index is 1.78. The fourth-order valence-electron chi connectivity index (χ4n) is 3.50. The maximum Gasteiger partial charge on any atom is 0.0109 e. The van der Waals surface area contributed by atoms with E-state index in [9.17, 15) is 0 Å². The van der Waals surface area contributed by atoms with Gasteiger partial charge in [-0.05, 0) is 39.5 Å². The van der Waals surface area contributed by atoms with Gasteiger partial charge in [-0.2, -0.15) is 0 Å². The minimum Gasteiger partial charge on any atom is -0.305 e. The van der Waals surface area contributed by atoms with Crippen LogP contribution in [0.15, 0.2) is 0 Å². The van der Waals surface area contributed by atoms with Gasteiger partial charge >= 0.3 is 0 Å². The Morgan fingerprint density at radius 3 is 1.73 bits per heavy atom. The minimum atomic E-state index is 1.26. The molecule has 0 N–H and O–H groups in total. The molecule has 0 aliphatic carbocycles. The molecule has 2 heteroatoms. The number of unbranched alkanes of at least 4 members (excludes halogenated alkanes) is 11. The normalized spacial score (nSPS) is 17.7. The summed E-state index contributed by atoms with van der Waals surface area (Å²) >= 11 is 0. The van der Waals surface area contributed by atoms with E-state index >= 15 is 0 Å². The summed E-state index contributed by atoms with van der Waals surface area (Å²) in [6, 6.07) is 0. The number of rotatable bonds is 13.